The molecule has 0 saturated heterocycles. The van der Waals surface area contributed by atoms with Gasteiger partial charge < -0.3 is 14.6 Å². The van der Waals surface area contributed by atoms with Crippen LogP contribution in [0, 0.1) is 0 Å². The topological polar surface area (TPSA) is 81.5 Å². The van der Waals surface area contributed by atoms with E-state index in [0.29, 0.717) is 24.6 Å². The number of carboxylic acid groups (broad SMARTS) is 1. The van der Waals surface area contributed by atoms with Gasteiger partial charge >= 0.3 is 5.97 Å². The average molecular weight is 427 g/mol. The molecule has 6 heteroatoms. The molecule has 168 valence electrons. The molecule has 0 bridgehead atoms. The molecule has 1 heterocycles. The number of carboxylic acids is 1. The predicted molar refractivity (Wildman–Crippen MR) is 122 cm³/mol. The van der Waals surface area contributed by atoms with Gasteiger partial charge in [-0.1, -0.05) is 43.7 Å². The van der Waals surface area contributed by atoms with Crippen molar-refractivity contribution in [2.24, 2.45) is 0 Å². The molecule has 0 radical (unpaired) electrons. The van der Waals surface area contributed by atoms with Crippen molar-refractivity contribution < 1.29 is 19.4 Å². The highest BCUT2D eigenvalue weighted by atomic mass is 16.5. The Morgan fingerprint density at radius 1 is 1.06 bits per heavy atom. The Bertz CT molecular complexity index is 775. The van der Waals surface area contributed by atoms with Crippen molar-refractivity contribution in [3.8, 4) is 17.1 Å². The lowest BCUT2D eigenvalue weighted by atomic mass is 9.92. The van der Waals surface area contributed by atoms with Crippen LogP contribution in [0.15, 0.2) is 49.3 Å². The van der Waals surface area contributed by atoms with Crippen molar-refractivity contribution in [3.63, 3.8) is 0 Å². The van der Waals surface area contributed by atoms with Gasteiger partial charge in [0.25, 0.3) is 0 Å². The number of benzene rings is 1. The average Bonchev–Trinajstić information content (AvgIpc) is 2.79. The van der Waals surface area contributed by atoms with Gasteiger partial charge in [0.1, 0.15) is 0 Å². The monoisotopic (exact) mass is 426 g/mol. The fraction of sp³-hybridized carbons (Fsp3) is 0.480. The molecule has 1 aromatic heterocycles. The highest BCUT2D eigenvalue weighted by Gasteiger charge is 2.19. The number of hydrogen-bond donors (Lipinski definition) is 1. The maximum absolute atomic E-state index is 11.7. The van der Waals surface area contributed by atoms with Crippen molar-refractivity contribution >= 4 is 5.97 Å². The summed E-state index contributed by atoms with van der Waals surface area (Å²) in [5.41, 5.74) is 1.65. The van der Waals surface area contributed by atoms with E-state index in [-0.39, 0.29) is 0 Å². The summed E-state index contributed by atoms with van der Waals surface area (Å²) in [5, 5.41) is 9.58. The lowest BCUT2D eigenvalue weighted by molar-refractivity contribution is -0.139. The van der Waals surface area contributed by atoms with Crippen molar-refractivity contribution in [2.75, 3.05) is 19.8 Å². The summed E-state index contributed by atoms with van der Waals surface area (Å²) < 4.78 is 11.1. The summed E-state index contributed by atoms with van der Waals surface area (Å²) in [5.74, 6) is -0.0611. The molecule has 0 aliphatic rings. The Morgan fingerprint density at radius 3 is 2.42 bits per heavy atom. The van der Waals surface area contributed by atoms with Crippen LogP contribution in [0.5, 0.6) is 5.75 Å². The molecule has 0 fully saturated rings. The minimum absolute atomic E-state index is 0.497. The molecule has 0 aliphatic heterocycles. The number of carbonyl (C=O) groups is 1. The Balaban J connectivity index is 1.86. The van der Waals surface area contributed by atoms with Crippen LogP contribution in [0.25, 0.3) is 11.4 Å². The third-order valence-electron chi connectivity index (χ3n) is 4.95. The van der Waals surface area contributed by atoms with Crippen molar-refractivity contribution in [1.29, 1.82) is 0 Å². The highest BCUT2D eigenvalue weighted by Crippen LogP contribution is 2.25. The minimum atomic E-state index is -0.791. The van der Waals surface area contributed by atoms with E-state index in [2.05, 4.69) is 23.5 Å². The molecule has 1 atom stereocenters. The Hall–Kier alpha value is -2.73. The quantitative estimate of drug-likeness (QED) is 0.276. The van der Waals surface area contributed by atoms with Crippen LogP contribution >= 0.6 is 0 Å². The van der Waals surface area contributed by atoms with Crippen molar-refractivity contribution in [2.45, 2.75) is 57.8 Å². The smallest absolute Gasteiger partial charge is 0.310 e. The number of aliphatic carboxylic acids is 1. The zero-order chi connectivity index (χ0) is 22.3. The van der Waals surface area contributed by atoms with Gasteiger partial charge in [-0.2, -0.15) is 0 Å². The lowest BCUT2D eigenvalue weighted by Gasteiger charge is -2.13. The first kappa shape index (κ1) is 24.5. The molecule has 6 nitrogen and oxygen atoms in total. The van der Waals surface area contributed by atoms with Gasteiger partial charge in [-0.3, -0.25) is 4.79 Å². The standard InChI is InChI=1S/C25H34N2O4/c1-3-5-6-7-10-23(25(28)29)20-11-13-21(14-12-20)24-26-18-22(19-27-24)31-17-9-8-16-30-15-4-2/h3,11-14,18-19,23H,1,4-10,15-17H2,2H3,(H,28,29). The lowest BCUT2D eigenvalue weighted by Crippen LogP contribution is -2.11. The third kappa shape index (κ3) is 8.89. The second kappa shape index (κ2) is 14.3. The molecule has 0 amide bonds. The number of rotatable bonds is 16. The SMILES string of the molecule is C=CCCCCC(C(=O)O)c1ccc(-c2ncc(OCCCCOCCC)cn2)cc1. The van der Waals surface area contributed by atoms with Crippen LogP contribution in [0.4, 0.5) is 0 Å². The summed E-state index contributed by atoms with van der Waals surface area (Å²) >= 11 is 0. The summed E-state index contributed by atoms with van der Waals surface area (Å²) in [6, 6.07) is 7.47. The zero-order valence-corrected chi connectivity index (χ0v) is 18.5. The van der Waals surface area contributed by atoms with E-state index in [1.807, 2.05) is 30.3 Å². The summed E-state index contributed by atoms with van der Waals surface area (Å²) in [6.07, 6.45) is 11.5. The van der Waals surface area contributed by atoms with E-state index in [9.17, 15) is 9.90 Å². The minimum Gasteiger partial charge on any atom is -0.490 e. The number of ether oxygens (including phenoxy) is 2. The van der Waals surface area contributed by atoms with Crippen molar-refractivity contribution in [3.05, 3.63) is 54.9 Å². The maximum Gasteiger partial charge on any atom is 0.310 e. The molecular weight excluding hydrogens is 392 g/mol. The molecule has 0 aliphatic carbocycles. The zero-order valence-electron chi connectivity index (χ0n) is 18.5. The summed E-state index contributed by atoms with van der Waals surface area (Å²) in [4.78, 5) is 20.4. The molecule has 1 unspecified atom stereocenters. The van der Waals surface area contributed by atoms with Crippen LogP contribution < -0.4 is 4.74 Å². The molecule has 2 aromatic rings. The van der Waals surface area contributed by atoms with Gasteiger partial charge in [-0.25, -0.2) is 9.97 Å². The molecular formula is C25H34N2O4. The van der Waals surface area contributed by atoms with Gasteiger partial charge in [0, 0.05) is 18.8 Å². The summed E-state index contributed by atoms with van der Waals surface area (Å²) in [7, 11) is 0. The number of unbranched alkanes of at least 4 members (excludes halogenated alkanes) is 3. The van der Waals surface area contributed by atoms with Gasteiger partial charge in [0.2, 0.25) is 0 Å². The van der Waals surface area contributed by atoms with Gasteiger partial charge in [-0.15, -0.1) is 6.58 Å². The predicted octanol–water partition coefficient (Wildman–Crippen LogP) is 5.64. The van der Waals surface area contributed by atoms with Crippen LogP contribution in [0.2, 0.25) is 0 Å². The fourth-order valence-corrected chi connectivity index (χ4v) is 3.22. The summed E-state index contributed by atoms with van der Waals surface area (Å²) in [6.45, 7) is 7.98. The Kier molecular flexibility index (Phi) is 11.3. The molecule has 1 N–H and O–H groups in total. The number of aromatic nitrogens is 2. The Labute approximate surface area is 185 Å². The van der Waals surface area contributed by atoms with Crippen LogP contribution in [0.1, 0.15) is 63.4 Å². The van der Waals surface area contributed by atoms with E-state index in [1.54, 1.807) is 12.4 Å². The molecule has 31 heavy (non-hydrogen) atoms. The van der Waals surface area contributed by atoms with E-state index >= 15 is 0 Å². The van der Waals surface area contributed by atoms with E-state index in [1.165, 1.54) is 0 Å². The first-order valence-corrected chi connectivity index (χ1v) is 11.1. The maximum atomic E-state index is 11.7. The highest BCUT2D eigenvalue weighted by molar-refractivity contribution is 5.76. The van der Waals surface area contributed by atoms with E-state index in [4.69, 9.17) is 9.47 Å². The normalized spacial score (nSPS) is 11.8. The van der Waals surface area contributed by atoms with Crippen LogP contribution in [0.3, 0.4) is 0 Å². The fourth-order valence-electron chi connectivity index (χ4n) is 3.22. The number of hydrogen-bond acceptors (Lipinski definition) is 5. The van der Waals surface area contributed by atoms with E-state index < -0.39 is 11.9 Å². The Morgan fingerprint density at radius 2 is 1.77 bits per heavy atom. The van der Waals surface area contributed by atoms with E-state index in [0.717, 1.165) is 62.9 Å². The van der Waals surface area contributed by atoms with Gasteiger partial charge in [0.05, 0.1) is 24.9 Å². The molecule has 2 rings (SSSR count). The third-order valence-corrected chi connectivity index (χ3v) is 4.95. The largest absolute Gasteiger partial charge is 0.490 e. The second-order valence-electron chi connectivity index (χ2n) is 7.50. The van der Waals surface area contributed by atoms with Crippen molar-refractivity contribution in [1.82, 2.24) is 9.97 Å². The van der Waals surface area contributed by atoms with Crippen LogP contribution in [-0.4, -0.2) is 40.9 Å². The van der Waals surface area contributed by atoms with Gasteiger partial charge in [-0.05, 0) is 44.1 Å². The second-order valence-corrected chi connectivity index (χ2v) is 7.50. The number of nitrogens with zero attached hydrogens (tertiary/aromatic N) is 2. The first-order chi connectivity index (χ1) is 15.2. The van der Waals surface area contributed by atoms with Crippen LogP contribution in [-0.2, 0) is 9.53 Å². The molecule has 0 spiro atoms. The number of allylic oxidation sites excluding steroid dienone is 1. The molecule has 0 saturated carbocycles. The molecule has 1 aromatic carbocycles. The van der Waals surface area contributed by atoms with Gasteiger partial charge in [0.15, 0.2) is 11.6 Å². The first-order valence-electron chi connectivity index (χ1n) is 11.1.